The van der Waals surface area contributed by atoms with E-state index in [9.17, 15) is 24.6 Å². The third-order valence-electron chi connectivity index (χ3n) is 5.11. The number of para-hydroxylation sites is 2. The van der Waals surface area contributed by atoms with Crippen molar-refractivity contribution in [1.29, 1.82) is 0 Å². The van der Waals surface area contributed by atoms with Gasteiger partial charge in [-0.05, 0) is 61.2 Å². The average molecular weight is 478 g/mol. The summed E-state index contributed by atoms with van der Waals surface area (Å²) in [5.41, 5.74) is 0.560. The Morgan fingerprint density at radius 3 is 2.00 bits per heavy atom. The summed E-state index contributed by atoms with van der Waals surface area (Å²) in [7, 11) is 0. The third kappa shape index (κ3) is 8.19. The topological polar surface area (TPSA) is 122 Å². The predicted octanol–water partition coefficient (Wildman–Crippen LogP) is 4.89. The van der Waals surface area contributed by atoms with Crippen LogP contribution in [0.4, 0.5) is 5.69 Å². The molecule has 0 fully saturated rings. The Bertz CT molecular complexity index is 1130. The molecular formula is C27H27NO7. The Kier molecular flexibility index (Phi) is 9.24. The van der Waals surface area contributed by atoms with Crippen LogP contribution in [0.3, 0.4) is 0 Å². The van der Waals surface area contributed by atoms with Crippen molar-refractivity contribution in [3.63, 3.8) is 0 Å². The second-order valence-electron chi connectivity index (χ2n) is 7.78. The number of ether oxygens (including phenoxy) is 2. The maximum atomic E-state index is 12.4. The highest BCUT2D eigenvalue weighted by Crippen LogP contribution is 2.21. The maximum Gasteiger partial charge on any atom is 0.335 e. The molecule has 8 heteroatoms. The summed E-state index contributed by atoms with van der Waals surface area (Å²) in [6.45, 7) is 1.11. The van der Waals surface area contributed by atoms with E-state index in [-0.39, 0.29) is 29.1 Å². The van der Waals surface area contributed by atoms with Gasteiger partial charge >= 0.3 is 11.9 Å². The van der Waals surface area contributed by atoms with Gasteiger partial charge < -0.3 is 25.0 Å². The van der Waals surface area contributed by atoms with Gasteiger partial charge in [0, 0.05) is 12.1 Å². The first-order valence-electron chi connectivity index (χ1n) is 11.2. The van der Waals surface area contributed by atoms with Gasteiger partial charge in [0.25, 0.3) is 0 Å². The number of aromatic carboxylic acids is 2. The number of carboxylic acid groups (broad SMARTS) is 2. The van der Waals surface area contributed by atoms with Crippen LogP contribution in [0.5, 0.6) is 11.5 Å². The van der Waals surface area contributed by atoms with Crippen LogP contribution in [0.2, 0.25) is 0 Å². The van der Waals surface area contributed by atoms with Crippen molar-refractivity contribution in [1.82, 2.24) is 0 Å². The van der Waals surface area contributed by atoms with E-state index >= 15 is 0 Å². The van der Waals surface area contributed by atoms with Crippen molar-refractivity contribution < 1.29 is 34.1 Å². The molecule has 3 N–H and O–H groups in total. The highest BCUT2D eigenvalue weighted by atomic mass is 16.5. The van der Waals surface area contributed by atoms with Crippen molar-refractivity contribution >= 4 is 23.5 Å². The van der Waals surface area contributed by atoms with Gasteiger partial charge in [0.15, 0.2) is 0 Å². The molecule has 0 atom stereocenters. The Morgan fingerprint density at radius 1 is 0.743 bits per heavy atom. The molecule has 8 nitrogen and oxygen atoms in total. The van der Waals surface area contributed by atoms with Crippen LogP contribution in [0.1, 0.15) is 45.5 Å². The van der Waals surface area contributed by atoms with Gasteiger partial charge in [-0.3, -0.25) is 4.79 Å². The fourth-order valence-corrected chi connectivity index (χ4v) is 3.36. The number of aryl methyl sites for hydroxylation is 1. The van der Waals surface area contributed by atoms with Crippen LogP contribution in [0.15, 0.2) is 72.8 Å². The first kappa shape index (κ1) is 25.3. The molecule has 182 valence electrons. The van der Waals surface area contributed by atoms with E-state index in [1.165, 1.54) is 12.1 Å². The first-order valence-corrected chi connectivity index (χ1v) is 11.2. The number of rotatable bonds is 13. The van der Waals surface area contributed by atoms with Crippen LogP contribution in [0, 0.1) is 0 Å². The second-order valence-corrected chi connectivity index (χ2v) is 7.78. The average Bonchev–Trinajstić information content (AvgIpc) is 2.85. The van der Waals surface area contributed by atoms with E-state index in [0.29, 0.717) is 25.4 Å². The first-order chi connectivity index (χ1) is 16.9. The molecule has 0 aliphatic heterocycles. The zero-order chi connectivity index (χ0) is 25.0. The van der Waals surface area contributed by atoms with E-state index in [1.807, 2.05) is 54.6 Å². The fourth-order valence-electron chi connectivity index (χ4n) is 3.36. The Morgan fingerprint density at radius 2 is 1.34 bits per heavy atom. The summed E-state index contributed by atoms with van der Waals surface area (Å²) in [6, 6.07) is 20.6. The molecule has 3 rings (SSSR count). The van der Waals surface area contributed by atoms with Crippen LogP contribution in [-0.4, -0.2) is 41.3 Å². The Balaban J connectivity index is 1.47. The van der Waals surface area contributed by atoms with E-state index < -0.39 is 11.9 Å². The minimum absolute atomic E-state index is 0.116. The summed E-state index contributed by atoms with van der Waals surface area (Å²) < 4.78 is 11.6. The summed E-state index contributed by atoms with van der Waals surface area (Å²) in [6.07, 6.45) is 2.18. The lowest BCUT2D eigenvalue weighted by Crippen LogP contribution is -2.14. The number of benzene rings is 3. The molecule has 0 radical (unpaired) electrons. The SMILES string of the molecule is O=C(CCc1ccccc1OCCCCOc1ccccc1)Nc1cc(C(=O)O)cc(C(=O)O)c1. The Labute approximate surface area is 203 Å². The molecule has 0 bridgehead atoms. The zero-order valence-corrected chi connectivity index (χ0v) is 19.1. The summed E-state index contributed by atoms with van der Waals surface area (Å²) in [5.74, 6) is -1.38. The third-order valence-corrected chi connectivity index (χ3v) is 5.11. The molecule has 0 aromatic heterocycles. The highest BCUT2D eigenvalue weighted by molar-refractivity contribution is 5.98. The lowest BCUT2D eigenvalue weighted by Gasteiger charge is -2.12. The predicted molar refractivity (Wildman–Crippen MR) is 130 cm³/mol. The molecule has 0 saturated heterocycles. The van der Waals surface area contributed by atoms with Gasteiger partial charge in [-0.1, -0.05) is 36.4 Å². The summed E-state index contributed by atoms with van der Waals surface area (Å²) in [4.78, 5) is 34.9. The quantitative estimate of drug-likeness (QED) is 0.300. The van der Waals surface area contributed by atoms with Crippen LogP contribution in [0.25, 0.3) is 0 Å². The molecule has 0 aliphatic rings. The number of carbonyl (C=O) groups is 3. The molecule has 1 amide bonds. The van der Waals surface area contributed by atoms with E-state index in [2.05, 4.69) is 5.32 Å². The van der Waals surface area contributed by atoms with Crippen molar-refractivity contribution in [2.45, 2.75) is 25.7 Å². The molecule has 3 aromatic rings. The number of hydrogen-bond donors (Lipinski definition) is 3. The number of hydrogen-bond acceptors (Lipinski definition) is 5. The van der Waals surface area contributed by atoms with Crippen molar-refractivity contribution in [2.24, 2.45) is 0 Å². The number of unbranched alkanes of at least 4 members (excludes halogenated alkanes) is 1. The van der Waals surface area contributed by atoms with Gasteiger partial charge in [-0.15, -0.1) is 0 Å². The summed E-state index contributed by atoms with van der Waals surface area (Å²) in [5, 5.41) is 20.9. The minimum Gasteiger partial charge on any atom is -0.494 e. The molecule has 3 aromatic carbocycles. The van der Waals surface area contributed by atoms with Crippen LogP contribution < -0.4 is 14.8 Å². The maximum absolute atomic E-state index is 12.4. The lowest BCUT2D eigenvalue weighted by molar-refractivity contribution is -0.116. The molecule has 0 spiro atoms. The normalized spacial score (nSPS) is 10.4. The van der Waals surface area contributed by atoms with E-state index in [1.54, 1.807) is 0 Å². The second kappa shape index (κ2) is 12.8. The van der Waals surface area contributed by atoms with Crippen LogP contribution in [-0.2, 0) is 11.2 Å². The molecule has 0 heterocycles. The van der Waals surface area contributed by atoms with Gasteiger partial charge in [0.05, 0.1) is 24.3 Å². The minimum atomic E-state index is -1.28. The number of nitrogens with one attached hydrogen (secondary N) is 1. The molecule has 0 unspecified atom stereocenters. The number of anilines is 1. The number of carbonyl (C=O) groups excluding carboxylic acids is 1. The van der Waals surface area contributed by atoms with Crippen molar-refractivity contribution in [3.05, 3.63) is 89.5 Å². The van der Waals surface area contributed by atoms with Gasteiger partial charge in [-0.2, -0.15) is 0 Å². The lowest BCUT2D eigenvalue weighted by atomic mass is 10.1. The molecular weight excluding hydrogens is 450 g/mol. The molecule has 35 heavy (non-hydrogen) atoms. The smallest absolute Gasteiger partial charge is 0.335 e. The van der Waals surface area contributed by atoms with Gasteiger partial charge in [0.1, 0.15) is 11.5 Å². The fraction of sp³-hybridized carbons (Fsp3) is 0.222. The zero-order valence-electron chi connectivity index (χ0n) is 19.1. The Hall–Kier alpha value is -4.33. The number of carboxylic acids is 2. The number of amides is 1. The monoisotopic (exact) mass is 477 g/mol. The van der Waals surface area contributed by atoms with E-state index in [4.69, 9.17) is 9.47 Å². The molecule has 0 aliphatic carbocycles. The van der Waals surface area contributed by atoms with Gasteiger partial charge in [-0.25, -0.2) is 9.59 Å². The van der Waals surface area contributed by atoms with Crippen LogP contribution >= 0.6 is 0 Å². The van der Waals surface area contributed by atoms with Gasteiger partial charge in [0.2, 0.25) is 5.91 Å². The highest BCUT2D eigenvalue weighted by Gasteiger charge is 2.13. The van der Waals surface area contributed by atoms with Crippen molar-refractivity contribution in [3.8, 4) is 11.5 Å². The van der Waals surface area contributed by atoms with Crippen molar-refractivity contribution in [2.75, 3.05) is 18.5 Å². The largest absolute Gasteiger partial charge is 0.494 e. The van der Waals surface area contributed by atoms with E-state index in [0.717, 1.165) is 30.2 Å². The molecule has 0 saturated carbocycles. The summed E-state index contributed by atoms with van der Waals surface area (Å²) >= 11 is 0. The standard InChI is InChI=1S/C27H27NO7/c29-25(28-22-17-20(26(30)31)16-21(18-22)27(32)33)13-12-19-8-4-5-11-24(19)35-15-7-6-14-34-23-9-2-1-3-10-23/h1-5,8-11,16-18H,6-7,12-15H2,(H,28,29)(H,30,31)(H,32,33).